The Kier molecular flexibility index (Phi) is 6.65. The molecular formula is C16H21ClN4O2S. The van der Waals surface area contributed by atoms with Gasteiger partial charge in [0.25, 0.3) is 5.22 Å². The Bertz CT molecular complexity index is 707. The molecule has 0 aliphatic carbocycles. The number of hydrogen-bond donors (Lipinski definition) is 2. The molecule has 0 spiro atoms. The maximum Gasteiger partial charge on any atom is 0.277 e. The Morgan fingerprint density at radius 2 is 2.21 bits per heavy atom. The van der Waals surface area contributed by atoms with Crippen molar-refractivity contribution in [3.63, 3.8) is 0 Å². The van der Waals surface area contributed by atoms with Crippen molar-refractivity contribution in [3.05, 3.63) is 34.7 Å². The zero-order valence-corrected chi connectivity index (χ0v) is 15.4. The first-order valence-electron chi connectivity index (χ1n) is 7.69. The van der Waals surface area contributed by atoms with Crippen LogP contribution in [0.25, 0.3) is 0 Å². The molecule has 8 heteroatoms. The molecular weight excluding hydrogens is 348 g/mol. The average molecular weight is 369 g/mol. The third kappa shape index (κ3) is 4.72. The fourth-order valence-electron chi connectivity index (χ4n) is 1.97. The number of carbonyl (C=O) groups excluding carboxylic acids is 1. The molecule has 2 atom stereocenters. The van der Waals surface area contributed by atoms with Gasteiger partial charge >= 0.3 is 0 Å². The highest BCUT2D eigenvalue weighted by atomic mass is 35.5. The molecule has 1 aromatic carbocycles. The molecule has 2 rings (SSSR count). The highest BCUT2D eigenvalue weighted by Gasteiger charge is 2.20. The maximum absolute atomic E-state index is 12.1. The van der Waals surface area contributed by atoms with Crippen LogP contribution >= 0.6 is 23.4 Å². The number of carbonyl (C=O) groups is 1. The minimum absolute atomic E-state index is 0.159. The average Bonchev–Trinajstić information content (AvgIpc) is 3.04. The van der Waals surface area contributed by atoms with E-state index in [2.05, 4.69) is 22.4 Å². The van der Waals surface area contributed by atoms with Crippen LogP contribution in [0.4, 0.5) is 5.69 Å². The van der Waals surface area contributed by atoms with Crippen LogP contribution in [-0.4, -0.2) is 21.9 Å². The summed E-state index contributed by atoms with van der Waals surface area (Å²) in [7, 11) is 0. The van der Waals surface area contributed by atoms with E-state index in [1.54, 1.807) is 18.2 Å². The molecule has 0 radical (unpaired) electrons. The number of amides is 1. The summed E-state index contributed by atoms with van der Waals surface area (Å²) >= 11 is 7.21. The second kappa shape index (κ2) is 8.50. The first kappa shape index (κ1) is 18.8. The van der Waals surface area contributed by atoms with Crippen molar-refractivity contribution in [1.29, 1.82) is 0 Å². The van der Waals surface area contributed by atoms with Gasteiger partial charge in [-0.05, 0) is 30.5 Å². The third-order valence-corrected chi connectivity index (χ3v) is 5.06. The molecule has 3 N–H and O–H groups in total. The topological polar surface area (TPSA) is 94.0 Å². The Balaban J connectivity index is 1.90. The van der Waals surface area contributed by atoms with Crippen molar-refractivity contribution in [2.45, 2.75) is 38.5 Å². The van der Waals surface area contributed by atoms with Crippen molar-refractivity contribution in [2.24, 2.45) is 11.7 Å². The van der Waals surface area contributed by atoms with Gasteiger partial charge in [-0.25, -0.2) is 0 Å². The Labute approximate surface area is 150 Å². The first-order valence-corrected chi connectivity index (χ1v) is 9.05. The van der Waals surface area contributed by atoms with Crippen LogP contribution in [0.15, 0.2) is 27.8 Å². The summed E-state index contributed by atoms with van der Waals surface area (Å²) in [5.41, 5.74) is 7.58. The van der Waals surface area contributed by atoms with E-state index in [1.165, 1.54) is 11.8 Å². The summed E-state index contributed by atoms with van der Waals surface area (Å²) in [6.45, 7) is 5.94. The lowest BCUT2D eigenvalue weighted by molar-refractivity contribution is -0.113. The summed E-state index contributed by atoms with van der Waals surface area (Å²) in [5.74, 6) is 0.637. The van der Waals surface area contributed by atoms with Crippen molar-refractivity contribution in [1.82, 2.24) is 10.2 Å². The fraction of sp³-hybridized carbons (Fsp3) is 0.438. The lowest BCUT2D eigenvalue weighted by Gasteiger charge is -2.13. The number of nitrogens with two attached hydrogens (primary N) is 1. The van der Waals surface area contributed by atoms with E-state index in [4.69, 9.17) is 21.8 Å². The number of anilines is 1. The minimum atomic E-state index is -0.292. The molecule has 0 bridgehead atoms. The van der Waals surface area contributed by atoms with Gasteiger partial charge in [-0.2, -0.15) is 0 Å². The molecule has 130 valence electrons. The number of benzene rings is 1. The molecule has 1 aromatic heterocycles. The van der Waals surface area contributed by atoms with Gasteiger partial charge in [-0.15, -0.1) is 10.2 Å². The second-order valence-corrected chi connectivity index (χ2v) is 6.90. The Morgan fingerprint density at radius 3 is 2.92 bits per heavy atom. The lowest BCUT2D eigenvalue weighted by Crippen LogP contribution is -2.18. The highest BCUT2D eigenvalue weighted by molar-refractivity contribution is 7.99. The Morgan fingerprint density at radius 1 is 1.46 bits per heavy atom. The van der Waals surface area contributed by atoms with Gasteiger partial charge in [-0.1, -0.05) is 49.7 Å². The number of nitrogens with zero attached hydrogens (tertiary/aromatic N) is 2. The monoisotopic (exact) mass is 368 g/mol. The molecule has 24 heavy (non-hydrogen) atoms. The van der Waals surface area contributed by atoms with Gasteiger partial charge in [0.05, 0.1) is 11.8 Å². The van der Waals surface area contributed by atoms with Crippen molar-refractivity contribution in [3.8, 4) is 0 Å². The number of thioether (sulfide) groups is 1. The van der Waals surface area contributed by atoms with E-state index in [9.17, 15) is 4.79 Å². The predicted octanol–water partition coefficient (Wildman–Crippen LogP) is 3.81. The molecule has 6 nitrogen and oxygen atoms in total. The van der Waals surface area contributed by atoms with Crippen molar-refractivity contribution < 1.29 is 9.21 Å². The van der Waals surface area contributed by atoms with Gasteiger partial charge in [0.15, 0.2) is 0 Å². The third-order valence-electron chi connectivity index (χ3n) is 3.83. The van der Waals surface area contributed by atoms with E-state index >= 15 is 0 Å². The molecule has 1 amide bonds. The zero-order chi connectivity index (χ0) is 17.7. The van der Waals surface area contributed by atoms with Crippen LogP contribution in [0.2, 0.25) is 5.02 Å². The lowest BCUT2D eigenvalue weighted by atomic mass is 10.0. The molecule has 1 heterocycles. The van der Waals surface area contributed by atoms with E-state index in [0.29, 0.717) is 21.8 Å². The number of rotatable bonds is 7. The standard InChI is InChI=1S/C16H21ClN4O2S/c1-4-9(2)14(18)15-20-21-16(23-15)24-8-13(22)19-12-7-5-6-11(17)10(12)3/h5-7,9,14H,4,8,18H2,1-3H3,(H,19,22). The SMILES string of the molecule is CCC(C)C(N)c1nnc(SCC(=O)Nc2cccc(Cl)c2C)o1. The molecule has 0 aliphatic rings. The van der Waals surface area contributed by atoms with Gasteiger partial charge in [0, 0.05) is 10.7 Å². The van der Waals surface area contributed by atoms with Crippen molar-refractivity contribution >= 4 is 35.0 Å². The van der Waals surface area contributed by atoms with Gasteiger partial charge in [0.2, 0.25) is 11.8 Å². The smallest absolute Gasteiger partial charge is 0.277 e. The molecule has 0 fully saturated rings. The largest absolute Gasteiger partial charge is 0.414 e. The van der Waals surface area contributed by atoms with E-state index < -0.39 is 0 Å². The van der Waals surface area contributed by atoms with Gasteiger partial charge in [-0.3, -0.25) is 4.79 Å². The van der Waals surface area contributed by atoms with Gasteiger partial charge in [0.1, 0.15) is 0 Å². The van der Waals surface area contributed by atoms with Crippen LogP contribution in [0.3, 0.4) is 0 Å². The summed E-state index contributed by atoms with van der Waals surface area (Å²) in [6, 6.07) is 5.08. The summed E-state index contributed by atoms with van der Waals surface area (Å²) in [6.07, 6.45) is 0.924. The van der Waals surface area contributed by atoms with Crippen LogP contribution in [0.5, 0.6) is 0 Å². The van der Waals surface area contributed by atoms with Crippen molar-refractivity contribution in [2.75, 3.05) is 11.1 Å². The maximum atomic E-state index is 12.1. The number of halogens is 1. The van der Waals surface area contributed by atoms with Gasteiger partial charge < -0.3 is 15.5 Å². The number of hydrogen-bond acceptors (Lipinski definition) is 6. The number of nitrogens with one attached hydrogen (secondary N) is 1. The minimum Gasteiger partial charge on any atom is -0.414 e. The number of aromatic nitrogens is 2. The summed E-state index contributed by atoms with van der Waals surface area (Å²) in [5, 5.41) is 11.7. The molecule has 2 aromatic rings. The van der Waals surface area contributed by atoms with E-state index in [-0.39, 0.29) is 23.6 Å². The first-order chi connectivity index (χ1) is 11.4. The zero-order valence-electron chi connectivity index (χ0n) is 13.9. The normalized spacial score (nSPS) is 13.5. The quantitative estimate of drug-likeness (QED) is 0.721. The molecule has 0 saturated carbocycles. The summed E-state index contributed by atoms with van der Waals surface area (Å²) in [4.78, 5) is 12.1. The highest BCUT2D eigenvalue weighted by Crippen LogP contribution is 2.25. The van der Waals surface area contributed by atoms with Crippen LogP contribution in [-0.2, 0) is 4.79 Å². The predicted molar refractivity (Wildman–Crippen MR) is 96.2 cm³/mol. The summed E-state index contributed by atoms with van der Waals surface area (Å²) < 4.78 is 5.53. The van der Waals surface area contributed by atoms with E-state index in [0.717, 1.165) is 12.0 Å². The molecule has 0 saturated heterocycles. The second-order valence-electron chi connectivity index (χ2n) is 5.57. The van der Waals surface area contributed by atoms with E-state index in [1.807, 2.05) is 13.8 Å². The molecule has 2 unspecified atom stereocenters. The van der Waals surface area contributed by atoms with Crippen LogP contribution in [0.1, 0.15) is 37.8 Å². The fourth-order valence-corrected chi connectivity index (χ4v) is 2.71. The van der Waals surface area contributed by atoms with Crippen LogP contribution in [0, 0.1) is 12.8 Å². The molecule has 0 aliphatic heterocycles. The Hall–Kier alpha value is -1.57. The van der Waals surface area contributed by atoms with Crippen LogP contribution < -0.4 is 11.1 Å².